The van der Waals surface area contributed by atoms with Crippen molar-refractivity contribution in [1.82, 2.24) is 0 Å². The summed E-state index contributed by atoms with van der Waals surface area (Å²) in [6.07, 6.45) is -1.03. The van der Waals surface area contributed by atoms with E-state index in [1.807, 2.05) is 32.0 Å². The highest BCUT2D eigenvalue weighted by atomic mass is 16.5. The smallest absolute Gasteiger partial charge is 0.342 e. The molecule has 0 aliphatic heterocycles. The van der Waals surface area contributed by atoms with E-state index in [-0.39, 0.29) is 11.3 Å². The van der Waals surface area contributed by atoms with Crippen molar-refractivity contribution >= 4 is 17.6 Å². The molecule has 2 N–H and O–H groups in total. The minimum Gasteiger partial charge on any atom is -0.507 e. The van der Waals surface area contributed by atoms with Crippen molar-refractivity contribution in [3.05, 3.63) is 53.1 Å². The molecule has 0 aliphatic carbocycles. The van der Waals surface area contributed by atoms with E-state index in [1.54, 1.807) is 0 Å². The van der Waals surface area contributed by atoms with Gasteiger partial charge < -0.3 is 19.9 Å². The number of hydrogen-bond donors (Lipinski definition) is 2. The van der Waals surface area contributed by atoms with Gasteiger partial charge in [-0.25, -0.2) is 4.79 Å². The van der Waals surface area contributed by atoms with Gasteiger partial charge >= 0.3 is 5.97 Å². The zero-order chi connectivity index (χ0) is 18.6. The Morgan fingerprint density at radius 1 is 1.12 bits per heavy atom. The van der Waals surface area contributed by atoms with Gasteiger partial charge in [0.15, 0.2) is 6.10 Å². The molecular weight excluding hydrogens is 322 g/mol. The van der Waals surface area contributed by atoms with Crippen molar-refractivity contribution in [1.29, 1.82) is 0 Å². The van der Waals surface area contributed by atoms with E-state index in [4.69, 9.17) is 9.47 Å². The van der Waals surface area contributed by atoms with Crippen LogP contribution in [0.15, 0.2) is 36.4 Å². The van der Waals surface area contributed by atoms with E-state index in [0.29, 0.717) is 11.4 Å². The molecule has 2 rings (SSSR count). The largest absolute Gasteiger partial charge is 0.507 e. The summed E-state index contributed by atoms with van der Waals surface area (Å²) in [6.45, 7) is 5.24. The van der Waals surface area contributed by atoms with Crippen LogP contribution in [-0.4, -0.2) is 30.2 Å². The number of esters is 1. The van der Waals surface area contributed by atoms with E-state index in [1.165, 1.54) is 32.2 Å². The number of carbonyl (C=O) groups excluding carboxylic acids is 2. The molecule has 6 nitrogen and oxygen atoms in total. The van der Waals surface area contributed by atoms with Gasteiger partial charge in [-0.15, -0.1) is 0 Å². The summed E-state index contributed by atoms with van der Waals surface area (Å²) in [7, 11) is 1.45. The highest BCUT2D eigenvalue weighted by Gasteiger charge is 2.22. The maximum absolute atomic E-state index is 12.3. The number of methoxy groups -OCH3 is 1. The SMILES string of the molecule is COc1ccc(O)c(C(=O)O[C@@H](C)C(=O)Nc2c(C)cccc2C)c1. The molecule has 0 heterocycles. The van der Waals surface area contributed by atoms with Crippen LogP contribution in [0.1, 0.15) is 28.4 Å². The highest BCUT2D eigenvalue weighted by Crippen LogP contribution is 2.24. The third kappa shape index (κ3) is 4.29. The van der Waals surface area contributed by atoms with Crippen molar-refractivity contribution in [2.75, 3.05) is 12.4 Å². The van der Waals surface area contributed by atoms with Gasteiger partial charge in [-0.05, 0) is 50.1 Å². The number of rotatable bonds is 5. The number of nitrogens with one attached hydrogen (secondary N) is 1. The maximum Gasteiger partial charge on any atom is 0.342 e. The minimum absolute atomic E-state index is 0.0638. The predicted molar refractivity (Wildman–Crippen MR) is 94.1 cm³/mol. The summed E-state index contributed by atoms with van der Waals surface area (Å²) in [4.78, 5) is 24.5. The number of carbonyl (C=O) groups is 2. The van der Waals surface area contributed by atoms with E-state index < -0.39 is 18.0 Å². The van der Waals surface area contributed by atoms with Crippen molar-refractivity contribution < 1.29 is 24.2 Å². The first-order valence-corrected chi connectivity index (χ1v) is 7.78. The third-order valence-corrected chi connectivity index (χ3v) is 3.81. The summed E-state index contributed by atoms with van der Waals surface area (Å²) < 4.78 is 10.2. The Balaban J connectivity index is 2.10. The molecule has 0 fully saturated rings. The lowest BCUT2D eigenvalue weighted by Crippen LogP contribution is -2.30. The lowest BCUT2D eigenvalue weighted by Gasteiger charge is -2.16. The van der Waals surface area contributed by atoms with Crippen LogP contribution in [0.2, 0.25) is 0 Å². The standard InChI is InChI=1S/C19H21NO5/c1-11-6-5-7-12(2)17(11)20-18(22)13(3)25-19(23)15-10-14(24-4)8-9-16(15)21/h5-10,13,21H,1-4H3,(H,20,22)/t13-/m0/s1. The summed E-state index contributed by atoms with van der Waals surface area (Å²) in [5.41, 5.74) is 2.46. The fourth-order valence-corrected chi connectivity index (χ4v) is 2.32. The second kappa shape index (κ2) is 7.70. The van der Waals surface area contributed by atoms with Crippen molar-refractivity contribution in [3.63, 3.8) is 0 Å². The molecule has 0 unspecified atom stereocenters. The minimum atomic E-state index is -1.03. The number of phenolic OH excluding ortho intramolecular Hbond substituents is 1. The lowest BCUT2D eigenvalue weighted by molar-refractivity contribution is -0.123. The fourth-order valence-electron chi connectivity index (χ4n) is 2.32. The van der Waals surface area contributed by atoms with Gasteiger partial charge in [0, 0.05) is 5.69 Å². The first kappa shape index (κ1) is 18.3. The number of amides is 1. The Bertz CT molecular complexity index is 780. The van der Waals surface area contributed by atoms with Gasteiger partial charge in [-0.1, -0.05) is 18.2 Å². The Morgan fingerprint density at radius 3 is 2.36 bits per heavy atom. The number of aryl methyl sites for hydroxylation is 2. The van der Waals surface area contributed by atoms with E-state index in [2.05, 4.69) is 5.32 Å². The quantitative estimate of drug-likeness (QED) is 0.815. The van der Waals surface area contributed by atoms with Crippen LogP contribution in [0.4, 0.5) is 5.69 Å². The average Bonchev–Trinajstić information content (AvgIpc) is 2.58. The zero-order valence-corrected chi connectivity index (χ0v) is 14.6. The van der Waals surface area contributed by atoms with Crippen LogP contribution in [-0.2, 0) is 9.53 Å². The van der Waals surface area contributed by atoms with Gasteiger partial charge in [0.1, 0.15) is 17.1 Å². The first-order chi connectivity index (χ1) is 11.8. The monoisotopic (exact) mass is 343 g/mol. The van der Waals surface area contributed by atoms with Crippen LogP contribution < -0.4 is 10.1 Å². The normalized spacial score (nSPS) is 11.5. The van der Waals surface area contributed by atoms with E-state index in [0.717, 1.165) is 11.1 Å². The van der Waals surface area contributed by atoms with Crippen LogP contribution in [0, 0.1) is 13.8 Å². The summed E-state index contributed by atoms with van der Waals surface area (Å²) in [5, 5.41) is 12.6. The summed E-state index contributed by atoms with van der Waals surface area (Å²) in [5.74, 6) is -1.10. The Kier molecular flexibility index (Phi) is 5.64. The molecule has 0 saturated carbocycles. The lowest BCUT2D eigenvalue weighted by atomic mass is 10.1. The highest BCUT2D eigenvalue weighted by molar-refractivity contribution is 5.99. The average molecular weight is 343 g/mol. The number of ether oxygens (including phenoxy) is 2. The number of benzene rings is 2. The number of hydrogen-bond acceptors (Lipinski definition) is 5. The molecule has 0 bridgehead atoms. The number of aromatic hydroxyl groups is 1. The van der Waals surface area contributed by atoms with Gasteiger partial charge in [0.05, 0.1) is 7.11 Å². The molecule has 2 aromatic carbocycles. The molecule has 0 spiro atoms. The van der Waals surface area contributed by atoms with Crippen LogP contribution >= 0.6 is 0 Å². The summed E-state index contributed by atoms with van der Waals surface area (Å²) >= 11 is 0. The van der Waals surface area contributed by atoms with Gasteiger partial charge in [0.25, 0.3) is 5.91 Å². The Hall–Kier alpha value is -3.02. The maximum atomic E-state index is 12.3. The Labute approximate surface area is 146 Å². The van der Waals surface area contributed by atoms with E-state index >= 15 is 0 Å². The number of para-hydroxylation sites is 1. The van der Waals surface area contributed by atoms with Gasteiger partial charge in [-0.2, -0.15) is 0 Å². The van der Waals surface area contributed by atoms with Gasteiger partial charge in [0.2, 0.25) is 0 Å². The second-order valence-corrected chi connectivity index (χ2v) is 5.69. The number of phenols is 1. The Morgan fingerprint density at radius 2 is 1.76 bits per heavy atom. The molecule has 1 amide bonds. The number of anilines is 1. The molecule has 0 aromatic heterocycles. The summed E-state index contributed by atoms with van der Waals surface area (Å²) in [6, 6.07) is 9.87. The van der Waals surface area contributed by atoms with Crippen molar-refractivity contribution in [2.45, 2.75) is 26.9 Å². The second-order valence-electron chi connectivity index (χ2n) is 5.69. The molecule has 2 aromatic rings. The molecule has 25 heavy (non-hydrogen) atoms. The van der Waals surface area contributed by atoms with Crippen LogP contribution in [0.25, 0.3) is 0 Å². The molecule has 0 saturated heterocycles. The fraction of sp³-hybridized carbons (Fsp3) is 0.263. The van der Waals surface area contributed by atoms with Crippen LogP contribution in [0.3, 0.4) is 0 Å². The van der Waals surface area contributed by atoms with Crippen LogP contribution in [0.5, 0.6) is 11.5 Å². The van der Waals surface area contributed by atoms with Gasteiger partial charge in [-0.3, -0.25) is 4.79 Å². The van der Waals surface area contributed by atoms with Crippen molar-refractivity contribution in [3.8, 4) is 11.5 Å². The molecule has 0 radical (unpaired) electrons. The molecule has 132 valence electrons. The molecule has 6 heteroatoms. The molecule has 1 atom stereocenters. The molecule has 0 aliphatic rings. The zero-order valence-electron chi connectivity index (χ0n) is 14.6. The topological polar surface area (TPSA) is 84.9 Å². The third-order valence-electron chi connectivity index (χ3n) is 3.81. The first-order valence-electron chi connectivity index (χ1n) is 7.78. The van der Waals surface area contributed by atoms with E-state index in [9.17, 15) is 14.7 Å². The predicted octanol–water partition coefficient (Wildman–Crippen LogP) is 3.20. The molecular formula is C19H21NO5. The van der Waals surface area contributed by atoms with Crippen molar-refractivity contribution in [2.24, 2.45) is 0 Å².